The predicted molar refractivity (Wildman–Crippen MR) is 55.9 cm³/mol. The van der Waals surface area contributed by atoms with Crippen LogP contribution < -0.4 is 0 Å². The summed E-state index contributed by atoms with van der Waals surface area (Å²) < 4.78 is 1.50. The zero-order chi connectivity index (χ0) is 7.84. The third-order valence-electron chi connectivity index (χ3n) is 2.41. The van der Waals surface area contributed by atoms with E-state index in [0.29, 0.717) is 0 Å². The van der Waals surface area contributed by atoms with E-state index < -0.39 is 0 Å². The van der Waals surface area contributed by atoms with Gasteiger partial charge in [0.25, 0.3) is 0 Å². The molecule has 2 rings (SSSR count). The van der Waals surface area contributed by atoms with Crippen LogP contribution in [0.15, 0.2) is 12.1 Å². The molecule has 0 saturated heterocycles. The van der Waals surface area contributed by atoms with E-state index in [-0.39, 0.29) is 0 Å². The summed E-state index contributed by atoms with van der Waals surface area (Å²) in [6, 6.07) is 4.53. The fourth-order valence-electron chi connectivity index (χ4n) is 1.74. The Hall–Kier alpha value is -0.0500. The molecule has 58 valence electrons. The minimum atomic E-state index is 1.30. The highest BCUT2D eigenvalue weighted by Gasteiger charge is 2.13. The topological polar surface area (TPSA) is 0 Å². The molecular weight excluding hydrogens is 247 g/mol. The molecule has 0 heterocycles. The van der Waals surface area contributed by atoms with Crippen molar-refractivity contribution in [3.05, 3.63) is 32.4 Å². The lowest BCUT2D eigenvalue weighted by atomic mass is 10.1. The van der Waals surface area contributed by atoms with Crippen molar-refractivity contribution in [1.82, 2.24) is 0 Å². The molecule has 0 radical (unpaired) electrons. The summed E-state index contributed by atoms with van der Waals surface area (Å²) in [5, 5.41) is 0. The van der Waals surface area contributed by atoms with E-state index in [0.717, 1.165) is 0 Å². The number of benzene rings is 1. The quantitative estimate of drug-likeness (QED) is 0.627. The number of aryl methyl sites for hydroxylation is 2. The van der Waals surface area contributed by atoms with Crippen LogP contribution in [-0.4, -0.2) is 0 Å². The van der Waals surface area contributed by atoms with Crippen molar-refractivity contribution in [1.29, 1.82) is 0 Å². The molecule has 1 aromatic rings. The SMILES string of the molecule is Cc1ccc2c(c1I)CCC2. The minimum Gasteiger partial charge on any atom is -0.0584 e. The Labute approximate surface area is 81.1 Å². The van der Waals surface area contributed by atoms with Crippen molar-refractivity contribution < 1.29 is 0 Å². The second-order valence-electron chi connectivity index (χ2n) is 3.19. The largest absolute Gasteiger partial charge is 0.0584 e. The smallest absolute Gasteiger partial charge is 0.0194 e. The van der Waals surface area contributed by atoms with Crippen molar-refractivity contribution in [2.45, 2.75) is 26.2 Å². The summed E-state index contributed by atoms with van der Waals surface area (Å²) in [6.45, 7) is 2.19. The average Bonchev–Trinajstić information content (AvgIpc) is 2.45. The number of hydrogen-bond donors (Lipinski definition) is 0. The Kier molecular flexibility index (Phi) is 1.91. The molecule has 1 aliphatic rings. The van der Waals surface area contributed by atoms with Crippen molar-refractivity contribution in [3.63, 3.8) is 0 Å². The van der Waals surface area contributed by atoms with Crippen LogP contribution in [-0.2, 0) is 12.8 Å². The minimum absolute atomic E-state index is 1.30. The van der Waals surface area contributed by atoms with Gasteiger partial charge in [-0.15, -0.1) is 0 Å². The first-order chi connectivity index (χ1) is 5.29. The molecule has 11 heavy (non-hydrogen) atoms. The van der Waals surface area contributed by atoms with Gasteiger partial charge in [0, 0.05) is 3.57 Å². The van der Waals surface area contributed by atoms with Crippen LogP contribution in [0, 0.1) is 10.5 Å². The number of halogens is 1. The molecule has 0 amide bonds. The van der Waals surface area contributed by atoms with Crippen molar-refractivity contribution >= 4 is 22.6 Å². The number of fused-ring (bicyclic) bond motifs is 1. The monoisotopic (exact) mass is 258 g/mol. The van der Waals surface area contributed by atoms with E-state index in [1.807, 2.05) is 0 Å². The van der Waals surface area contributed by atoms with E-state index in [2.05, 4.69) is 41.6 Å². The van der Waals surface area contributed by atoms with E-state index in [4.69, 9.17) is 0 Å². The lowest BCUT2D eigenvalue weighted by molar-refractivity contribution is 0.910. The lowest BCUT2D eigenvalue weighted by Crippen LogP contribution is -1.89. The van der Waals surface area contributed by atoms with Crippen LogP contribution in [0.5, 0.6) is 0 Å². The highest BCUT2D eigenvalue weighted by molar-refractivity contribution is 14.1. The molecule has 0 unspecified atom stereocenters. The second kappa shape index (κ2) is 2.77. The molecule has 1 aliphatic carbocycles. The van der Waals surface area contributed by atoms with E-state index in [9.17, 15) is 0 Å². The molecule has 0 saturated carbocycles. The fraction of sp³-hybridized carbons (Fsp3) is 0.400. The normalized spacial score (nSPS) is 15.1. The Bertz CT molecular complexity index is 289. The van der Waals surface area contributed by atoms with Gasteiger partial charge in [0.15, 0.2) is 0 Å². The van der Waals surface area contributed by atoms with Gasteiger partial charge in [-0.25, -0.2) is 0 Å². The summed E-state index contributed by atoms with van der Waals surface area (Å²) in [4.78, 5) is 0. The van der Waals surface area contributed by atoms with E-state index in [1.54, 1.807) is 11.1 Å². The van der Waals surface area contributed by atoms with Gasteiger partial charge in [-0.2, -0.15) is 0 Å². The van der Waals surface area contributed by atoms with Crippen LogP contribution in [0.3, 0.4) is 0 Å². The summed E-state index contributed by atoms with van der Waals surface area (Å²) in [5.41, 5.74) is 4.64. The highest BCUT2D eigenvalue weighted by Crippen LogP contribution is 2.28. The van der Waals surface area contributed by atoms with Crippen molar-refractivity contribution in [3.8, 4) is 0 Å². The number of rotatable bonds is 0. The van der Waals surface area contributed by atoms with Gasteiger partial charge in [-0.1, -0.05) is 12.1 Å². The molecule has 0 N–H and O–H groups in total. The van der Waals surface area contributed by atoms with E-state index in [1.165, 1.54) is 28.4 Å². The van der Waals surface area contributed by atoms with Gasteiger partial charge < -0.3 is 0 Å². The zero-order valence-electron chi connectivity index (χ0n) is 6.65. The van der Waals surface area contributed by atoms with Crippen molar-refractivity contribution in [2.24, 2.45) is 0 Å². The van der Waals surface area contributed by atoms with Crippen molar-refractivity contribution in [2.75, 3.05) is 0 Å². The maximum atomic E-state index is 2.47. The molecule has 0 spiro atoms. The summed E-state index contributed by atoms with van der Waals surface area (Å²) in [5.74, 6) is 0. The first-order valence-corrected chi connectivity index (χ1v) is 5.14. The Morgan fingerprint density at radius 2 is 2.09 bits per heavy atom. The highest BCUT2D eigenvalue weighted by atomic mass is 127. The van der Waals surface area contributed by atoms with Gasteiger partial charge in [-0.05, 0) is 65.5 Å². The van der Waals surface area contributed by atoms with Crippen LogP contribution >= 0.6 is 22.6 Å². The maximum absolute atomic E-state index is 2.47. The van der Waals surface area contributed by atoms with Crippen LogP contribution in [0.25, 0.3) is 0 Å². The zero-order valence-corrected chi connectivity index (χ0v) is 8.81. The van der Waals surface area contributed by atoms with E-state index >= 15 is 0 Å². The van der Waals surface area contributed by atoms with Gasteiger partial charge in [-0.3, -0.25) is 0 Å². The summed E-state index contributed by atoms with van der Waals surface area (Å²) in [7, 11) is 0. The third kappa shape index (κ3) is 1.19. The van der Waals surface area contributed by atoms with Crippen LogP contribution in [0.1, 0.15) is 23.1 Å². The molecule has 0 atom stereocenters. The molecule has 0 nitrogen and oxygen atoms in total. The van der Waals surface area contributed by atoms with Gasteiger partial charge in [0.05, 0.1) is 0 Å². The maximum Gasteiger partial charge on any atom is 0.0194 e. The molecule has 0 bridgehead atoms. The second-order valence-corrected chi connectivity index (χ2v) is 4.27. The Balaban J connectivity index is 2.62. The van der Waals surface area contributed by atoms with Gasteiger partial charge >= 0.3 is 0 Å². The molecule has 0 fully saturated rings. The fourth-order valence-corrected chi connectivity index (χ4v) is 2.53. The standard InChI is InChI=1S/C10H11I/c1-7-5-6-8-3-2-4-9(8)10(7)11/h5-6H,2-4H2,1H3. The lowest BCUT2D eigenvalue weighted by Gasteiger charge is -2.04. The molecule has 0 aromatic heterocycles. The average molecular weight is 258 g/mol. The number of hydrogen-bond acceptors (Lipinski definition) is 0. The summed E-state index contributed by atoms with van der Waals surface area (Å²) in [6.07, 6.45) is 3.95. The first-order valence-electron chi connectivity index (χ1n) is 4.06. The Morgan fingerprint density at radius 1 is 1.27 bits per heavy atom. The van der Waals surface area contributed by atoms with Crippen LogP contribution in [0.4, 0.5) is 0 Å². The molecule has 0 aliphatic heterocycles. The predicted octanol–water partition coefficient (Wildman–Crippen LogP) is 3.09. The Morgan fingerprint density at radius 3 is 2.91 bits per heavy atom. The summed E-state index contributed by atoms with van der Waals surface area (Å²) >= 11 is 2.47. The first kappa shape index (κ1) is 7.59. The third-order valence-corrected chi connectivity index (χ3v) is 3.91. The molecule has 1 heteroatoms. The van der Waals surface area contributed by atoms with Gasteiger partial charge in [0.1, 0.15) is 0 Å². The van der Waals surface area contributed by atoms with Crippen LogP contribution in [0.2, 0.25) is 0 Å². The van der Waals surface area contributed by atoms with Gasteiger partial charge in [0.2, 0.25) is 0 Å². The molecular formula is C10H11I. The molecule has 1 aromatic carbocycles.